The van der Waals surface area contributed by atoms with Crippen LogP contribution in [0.25, 0.3) is 0 Å². The Hall–Kier alpha value is -1.13. The highest BCUT2D eigenvalue weighted by Gasteiger charge is 2.18. The van der Waals surface area contributed by atoms with Crippen LogP contribution in [0.2, 0.25) is 5.02 Å². The van der Waals surface area contributed by atoms with E-state index < -0.39 is 5.82 Å². The fourth-order valence-electron chi connectivity index (χ4n) is 1.87. The number of benzene rings is 1. The van der Waals surface area contributed by atoms with Gasteiger partial charge >= 0.3 is 0 Å². The first-order valence-electron chi connectivity index (χ1n) is 5.60. The number of carbonyl (C=O) groups is 1. The molecule has 2 rings (SSSR count). The molecule has 1 aromatic rings. The van der Waals surface area contributed by atoms with Crippen molar-refractivity contribution in [3.05, 3.63) is 34.6 Å². The molecule has 1 aromatic carbocycles. The van der Waals surface area contributed by atoms with Crippen molar-refractivity contribution < 1.29 is 9.18 Å². The van der Waals surface area contributed by atoms with Gasteiger partial charge in [0.25, 0.3) is 0 Å². The molecule has 1 aliphatic heterocycles. The molecule has 0 unspecified atom stereocenters. The standard InChI is InChI=1S/C12H14ClFN2O/c13-12-9(3-1-4-10(12)14)8-16-6-2-5-15-7-11(16)17/h1,3-4,15H,2,5-8H2. The highest BCUT2D eigenvalue weighted by Crippen LogP contribution is 2.21. The summed E-state index contributed by atoms with van der Waals surface area (Å²) < 4.78 is 13.3. The van der Waals surface area contributed by atoms with E-state index in [0.29, 0.717) is 25.2 Å². The van der Waals surface area contributed by atoms with Crippen LogP contribution in [-0.4, -0.2) is 30.4 Å². The average molecular weight is 257 g/mol. The molecule has 0 saturated carbocycles. The van der Waals surface area contributed by atoms with Crippen LogP contribution in [0.3, 0.4) is 0 Å². The third-order valence-corrected chi connectivity index (χ3v) is 3.23. The molecular formula is C12H14ClFN2O. The summed E-state index contributed by atoms with van der Waals surface area (Å²) in [6, 6.07) is 4.67. The minimum atomic E-state index is -0.440. The van der Waals surface area contributed by atoms with Crippen LogP contribution in [0.4, 0.5) is 4.39 Å². The molecular weight excluding hydrogens is 243 g/mol. The fraction of sp³-hybridized carbons (Fsp3) is 0.417. The monoisotopic (exact) mass is 256 g/mol. The second kappa shape index (κ2) is 5.47. The van der Waals surface area contributed by atoms with Gasteiger partial charge in [-0.25, -0.2) is 4.39 Å². The minimum Gasteiger partial charge on any atom is -0.337 e. The van der Waals surface area contributed by atoms with Gasteiger partial charge in [-0.1, -0.05) is 23.7 Å². The lowest BCUT2D eigenvalue weighted by atomic mass is 10.2. The van der Waals surface area contributed by atoms with Crippen LogP contribution < -0.4 is 5.32 Å². The predicted molar refractivity (Wildman–Crippen MR) is 64.3 cm³/mol. The number of carbonyl (C=O) groups excluding carboxylic acids is 1. The Kier molecular flexibility index (Phi) is 3.97. The summed E-state index contributed by atoms with van der Waals surface area (Å²) in [6.45, 7) is 2.22. The van der Waals surface area contributed by atoms with Gasteiger partial charge in [-0.15, -0.1) is 0 Å². The van der Waals surface area contributed by atoms with Crippen molar-refractivity contribution >= 4 is 17.5 Å². The molecule has 1 aliphatic rings. The van der Waals surface area contributed by atoms with Crippen molar-refractivity contribution in [1.82, 2.24) is 10.2 Å². The zero-order valence-electron chi connectivity index (χ0n) is 9.38. The van der Waals surface area contributed by atoms with Gasteiger partial charge in [0, 0.05) is 13.1 Å². The van der Waals surface area contributed by atoms with Crippen LogP contribution in [-0.2, 0) is 11.3 Å². The molecule has 1 N–H and O–H groups in total. The van der Waals surface area contributed by atoms with E-state index in [9.17, 15) is 9.18 Å². The normalized spacial score (nSPS) is 17.1. The number of nitrogens with one attached hydrogen (secondary N) is 1. The third-order valence-electron chi connectivity index (χ3n) is 2.80. The Morgan fingerprint density at radius 2 is 2.29 bits per heavy atom. The lowest BCUT2D eigenvalue weighted by molar-refractivity contribution is -0.130. The van der Waals surface area contributed by atoms with Gasteiger partial charge in [-0.2, -0.15) is 0 Å². The Labute approximate surface area is 105 Å². The molecule has 0 bridgehead atoms. The smallest absolute Gasteiger partial charge is 0.236 e. The van der Waals surface area contributed by atoms with Crippen LogP contribution in [0, 0.1) is 5.82 Å². The summed E-state index contributed by atoms with van der Waals surface area (Å²) in [5.74, 6) is -0.410. The molecule has 3 nitrogen and oxygen atoms in total. The third kappa shape index (κ3) is 2.96. The predicted octanol–water partition coefficient (Wildman–Crippen LogP) is 1.80. The molecule has 5 heteroatoms. The van der Waals surface area contributed by atoms with Crippen LogP contribution in [0.1, 0.15) is 12.0 Å². The first-order valence-corrected chi connectivity index (χ1v) is 5.97. The van der Waals surface area contributed by atoms with Gasteiger partial charge in [0.1, 0.15) is 5.82 Å². The number of hydrogen-bond acceptors (Lipinski definition) is 2. The van der Waals surface area contributed by atoms with E-state index in [2.05, 4.69) is 5.32 Å². The van der Waals surface area contributed by atoms with Crippen LogP contribution in [0.15, 0.2) is 18.2 Å². The van der Waals surface area contributed by atoms with Gasteiger partial charge in [0.15, 0.2) is 0 Å². The van der Waals surface area contributed by atoms with Crippen molar-refractivity contribution in [2.75, 3.05) is 19.6 Å². The summed E-state index contributed by atoms with van der Waals surface area (Å²) in [7, 11) is 0. The van der Waals surface area contributed by atoms with Gasteiger partial charge in [0.2, 0.25) is 5.91 Å². The van der Waals surface area contributed by atoms with Crippen molar-refractivity contribution in [3.63, 3.8) is 0 Å². The summed E-state index contributed by atoms with van der Waals surface area (Å²) in [5, 5.41) is 3.15. The maximum Gasteiger partial charge on any atom is 0.236 e. The van der Waals surface area contributed by atoms with E-state index in [-0.39, 0.29) is 10.9 Å². The quantitative estimate of drug-likeness (QED) is 0.875. The Bertz CT molecular complexity index is 425. The summed E-state index contributed by atoms with van der Waals surface area (Å²) >= 11 is 5.87. The largest absolute Gasteiger partial charge is 0.337 e. The average Bonchev–Trinajstić information content (AvgIpc) is 2.51. The molecule has 0 spiro atoms. The summed E-state index contributed by atoms with van der Waals surface area (Å²) in [6.07, 6.45) is 0.901. The first-order chi connectivity index (χ1) is 8.18. The number of amides is 1. The molecule has 1 heterocycles. The lowest BCUT2D eigenvalue weighted by Crippen LogP contribution is -2.34. The van der Waals surface area contributed by atoms with Crippen molar-refractivity contribution in [1.29, 1.82) is 0 Å². The highest BCUT2D eigenvalue weighted by molar-refractivity contribution is 6.31. The molecule has 17 heavy (non-hydrogen) atoms. The van der Waals surface area contributed by atoms with Crippen molar-refractivity contribution in [2.24, 2.45) is 0 Å². The number of nitrogens with zero attached hydrogens (tertiary/aromatic N) is 1. The maximum absolute atomic E-state index is 13.3. The van der Waals surface area contributed by atoms with Gasteiger partial charge in [0.05, 0.1) is 11.6 Å². The minimum absolute atomic E-state index is 0.0304. The Morgan fingerprint density at radius 3 is 3.12 bits per heavy atom. The number of rotatable bonds is 2. The van der Waals surface area contributed by atoms with E-state index in [1.165, 1.54) is 6.07 Å². The first kappa shape index (κ1) is 12.3. The molecule has 92 valence electrons. The summed E-state index contributed by atoms with van der Waals surface area (Å²) in [4.78, 5) is 13.5. The lowest BCUT2D eigenvalue weighted by Gasteiger charge is -2.20. The SMILES string of the molecule is O=C1CNCCCN1Cc1cccc(F)c1Cl. The van der Waals surface area contributed by atoms with Crippen LogP contribution in [0.5, 0.6) is 0 Å². The van der Waals surface area contributed by atoms with E-state index in [1.54, 1.807) is 17.0 Å². The maximum atomic E-state index is 13.3. The van der Waals surface area contributed by atoms with Gasteiger partial charge in [-0.05, 0) is 24.6 Å². The second-order valence-electron chi connectivity index (χ2n) is 4.06. The molecule has 0 radical (unpaired) electrons. The fourth-order valence-corrected chi connectivity index (χ4v) is 2.06. The van der Waals surface area contributed by atoms with Crippen LogP contribution >= 0.6 is 11.6 Å². The van der Waals surface area contributed by atoms with E-state index >= 15 is 0 Å². The summed E-state index contributed by atoms with van der Waals surface area (Å²) in [5.41, 5.74) is 0.655. The number of hydrogen-bond donors (Lipinski definition) is 1. The second-order valence-corrected chi connectivity index (χ2v) is 4.44. The molecule has 1 saturated heterocycles. The van der Waals surface area contributed by atoms with Gasteiger partial charge < -0.3 is 10.2 Å². The van der Waals surface area contributed by atoms with Gasteiger partial charge in [-0.3, -0.25) is 4.79 Å². The number of halogens is 2. The van der Waals surface area contributed by atoms with Crippen molar-refractivity contribution in [2.45, 2.75) is 13.0 Å². The molecule has 0 aromatic heterocycles. The van der Waals surface area contributed by atoms with E-state index in [1.807, 2.05) is 0 Å². The van der Waals surface area contributed by atoms with Crippen molar-refractivity contribution in [3.8, 4) is 0 Å². The Balaban J connectivity index is 2.13. The Morgan fingerprint density at radius 1 is 1.47 bits per heavy atom. The molecule has 0 atom stereocenters. The van der Waals surface area contributed by atoms with E-state index in [0.717, 1.165) is 13.0 Å². The molecule has 1 fully saturated rings. The molecule has 0 aliphatic carbocycles. The van der Waals surface area contributed by atoms with E-state index in [4.69, 9.17) is 11.6 Å². The topological polar surface area (TPSA) is 32.3 Å². The zero-order chi connectivity index (χ0) is 12.3. The molecule has 1 amide bonds. The highest BCUT2D eigenvalue weighted by atomic mass is 35.5. The zero-order valence-corrected chi connectivity index (χ0v) is 10.1.